The van der Waals surface area contributed by atoms with Crippen molar-refractivity contribution in [2.75, 3.05) is 25.1 Å². The minimum atomic E-state index is -0.539. The number of nitrogens with one attached hydrogen (secondary N) is 1. The maximum absolute atomic E-state index is 12.6. The molecule has 0 unspecified atom stereocenters. The highest BCUT2D eigenvalue weighted by molar-refractivity contribution is 7.15. The van der Waals surface area contributed by atoms with Crippen LogP contribution in [-0.4, -0.2) is 35.9 Å². The molecular weight excluding hydrogens is 488 g/mol. The first-order valence-electron chi connectivity index (χ1n) is 12.3. The first-order chi connectivity index (χ1) is 17.9. The van der Waals surface area contributed by atoms with Gasteiger partial charge in [-0.25, -0.2) is 0 Å². The molecule has 3 aromatic rings. The van der Waals surface area contributed by atoms with Gasteiger partial charge in [-0.05, 0) is 62.6 Å². The van der Waals surface area contributed by atoms with Crippen LogP contribution in [0.5, 0.6) is 17.2 Å². The predicted octanol–water partition coefficient (Wildman–Crippen LogP) is 5.90. The number of nitrogens with zero attached hydrogens (tertiary/aromatic N) is 3. The fourth-order valence-corrected chi connectivity index (χ4v) is 4.26. The van der Waals surface area contributed by atoms with E-state index in [0.29, 0.717) is 42.0 Å². The van der Waals surface area contributed by atoms with Crippen molar-refractivity contribution in [3.8, 4) is 23.3 Å². The van der Waals surface area contributed by atoms with Gasteiger partial charge >= 0.3 is 0 Å². The lowest BCUT2D eigenvalue weighted by atomic mass is 10.1. The second kappa shape index (κ2) is 14.0. The summed E-state index contributed by atoms with van der Waals surface area (Å²) in [4.78, 5) is 12.6. The van der Waals surface area contributed by atoms with Crippen molar-refractivity contribution >= 4 is 28.5 Å². The van der Waals surface area contributed by atoms with E-state index in [0.717, 1.165) is 35.6 Å². The van der Waals surface area contributed by atoms with E-state index in [-0.39, 0.29) is 5.57 Å². The molecule has 0 aliphatic carbocycles. The number of carbonyl (C=O) groups excluding carboxylic acids is 1. The molecule has 0 aliphatic rings. The maximum atomic E-state index is 12.6. The standard InChI is InChI=1S/C28H32N4O4S/c1-5-7-8-26-31-32-28(37-26)30-27(33)22(18-29)16-21-10-12-24(25(17-21)34-6-2)36-14-13-35-23-11-9-19(3)15-20(23)4/h9-12,15-17H,5-8,13-14H2,1-4H3,(H,30,32,33). The van der Waals surface area contributed by atoms with E-state index in [1.165, 1.54) is 23.0 Å². The Balaban J connectivity index is 1.64. The zero-order chi connectivity index (χ0) is 26.6. The highest BCUT2D eigenvalue weighted by atomic mass is 32.1. The van der Waals surface area contributed by atoms with Gasteiger partial charge in [0.25, 0.3) is 5.91 Å². The summed E-state index contributed by atoms with van der Waals surface area (Å²) >= 11 is 1.32. The van der Waals surface area contributed by atoms with Crippen LogP contribution in [0, 0.1) is 25.2 Å². The number of rotatable bonds is 13. The van der Waals surface area contributed by atoms with E-state index in [4.69, 9.17) is 14.2 Å². The summed E-state index contributed by atoms with van der Waals surface area (Å²) in [6, 6.07) is 13.3. The molecule has 0 bridgehead atoms. The second-order valence-electron chi connectivity index (χ2n) is 8.33. The van der Waals surface area contributed by atoms with Crippen molar-refractivity contribution in [2.24, 2.45) is 0 Å². The average Bonchev–Trinajstić information content (AvgIpc) is 3.33. The molecule has 194 valence electrons. The lowest BCUT2D eigenvalue weighted by Crippen LogP contribution is -2.13. The fourth-order valence-electron chi connectivity index (χ4n) is 3.48. The summed E-state index contributed by atoms with van der Waals surface area (Å²) in [5, 5.41) is 21.6. The lowest BCUT2D eigenvalue weighted by molar-refractivity contribution is -0.112. The number of nitriles is 1. The number of benzene rings is 2. The van der Waals surface area contributed by atoms with Gasteiger partial charge in [0, 0.05) is 6.42 Å². The van der Waals surface area contributed by atoms with Crippen LogP contribution in [0.4, 0.5) is 5.13 Å². The third-order valence-corrected chi connectivity index (χ3v) is 6.20. The third-order valence-electron chi connectivity index (χ3n) is 5.30. The molecule has 1 amide bonds. The van der Waals surface area contributed by atoms with E-state index >= 15 is 0 Å². The number of anilines is 1. The van der Waals surface area contributed by atoms with Gasteiger partial charge in [-0.15, -0.1) is 10.2 Å². The molecule has 9 heteroatoms. The summed E-state index contributed by atoms with van der Waals surface area (Å²) in [7, 11) is 0. The van der Waals surface area contributed by atoms with Gasteiger partial charge in [-0.2, -0.15) is 5.26 Å². The van der Waals surface area contributed by atoms with Gasteiger partial charge in [0.1, 0.15) is 35.6 Å². The summed E-state index contributed by atoms with van der Waals surface area (Å²) in [5.41, 5.74) is 2.84. The van der Waals surface area contributed by atoms with Crippen LogP contribution in [0.3, 0.4) is 0 Å². The van der Waals surface area contributed by atoms with Crippen LogP contribution in [0.25, 0.3) is 6.08 Å². The Labute approximate surface area is 221 Å². The molecule has 0 saturated heterocycles. The van der Waals surface area contributed by atoms with Gasteiger partial charge in [-0.1, -0.05) is 48.4 Å². The molecule has 0 saturated carbocycles. The summed E-state index contributed by atoms with van der Waals surface area (Å²) in [5.74, 6) is 1.36. The summed E-state index contributed by atoms with van der Waals surface area (Å²) in [6.07, 6.45) is 4.38. The Morgan fingerprint density at radius 3 is 2.49 bits per heavy atom. The zero-order valence-corrected chi connectivity index (χ0v) is 22.5. The average molecular weight is 521 g/mol. The smallest absolute Gasteiger partial charge is 0.268 e. The Bertz CT molecular complexity index is 1280. The molecule has 0 radical (unpaired) electrons. The van der Waals surface area contributed by atoms with Crippen molar-refractivity contribution in [1.82, 2.24) is 10.2 Å². The molecule has 1 N–H and O–H groups in total. The number of aryl methyl sites for hydroxylation is 3. The highest BCUT2D eigenvalue weighted by Gasteiger charge is 2.14. The first-order valence-corrected chi connectivity index (χ1v) is 13.1. The number of carbonyl (C=O) groups is 1. The van der Waals surface area contributed by atoms with Crippen LogP contribution in [0.15, 0.2) is 42.0 Å². The molecule has 3 rings (SSSR count). The van der Waals surface area contributed by atoms with E-state index in [9.17, 15) is 10.1 Å². The number of amides is 1. The molecular formula is C28H32N4O4S. The van der Waals surface area contributed by atoms with Crippen LogP contribution >= 0.6 is 11.3 Å². The molecule has 0 fully saturated rings. The van der Waals surface area contributed by atoms with Crippen molar-refractivity contribution in [2.45, 2.75) is 47.0 Å². The van der Waals surface area contributed by atoms with Crippen LogP contribution in [0.1, 0.15) is 48.4 Å². The third kappa shape index (κ3) is 8.33. The molecule has 0 atom stereocenters. The number of hydrogen-bond donors (Lipinski definition) is 1. The Morgan fingerprint density at radius 2 is 1.78 bits per heavy atom. The van der Waals surface area contributed by atoms with Gasteiger partial charge < -0.3 is 14.2 Å². The summed E-state index contributed by atoms with van der Waals surface area (Å²) in [6.45, 7) is 9.18. The van der Waals surface area contributed by atoms with Crippen LogP contribution < -0.4 is 19.5 Å². The van der Waals surface area contributed by atoms with E-state index in [1.807, 2.05) is 39.0 Å². The Kier molecular flexibility index (Phi) is 10.5. The van der Waals surface area contributed by atoms with Crippen molar-refractivity contribution in [3.05, 3.63) is 63.7 Å². The molecule has 1 aromatic heterocycles. The van der Waals surface area contributed by atoms with Gasteiger partial charge in [0.05, 0.1) is 6.61 Å². The maximum Gasteiger partial charge on any atom is 0.268 e. The number of unbranched alkanes of at least 4 members (excludes halogenated alkanes) is 1. The molecule has 8 nitrogen and oxygen atoms in total. The van der Waals surface area contributed by atoms with Crippen LogP contribution in [-0.2, 0) is 11.2 Å². The van der Waals surface area contributed by atoms with Gasteiger partial charge in [0.15, 0.2) is 11.5 Å². The predicted molar refractivity (Wildman–Crippen MR) is 145 cm³/mol. The number of ether oxygens (including phenoxy) is 3. The molecule has 0 aliphatic heterocycles. The number of hydrogen-bond acceptors (Lipinski definition) is 8. The van der Waals surface area contributed by atoms with Gasteiger partial charge in [-0.3, -0.25) is 10.1 Å². The normalized spacial score (nSPS) is 11.1. The van der Waals surface area contributed by atoms with E-state index in [1.54, 1.807) is 18.2 Å². The Hall–Kier alpha value is -3.90. The van der Waals surface area contributed by atoms with E-state index < -0.39 is 5.91 Å². The van der Waals surface area contributed by atoms with Crippen molar-refractivity contribution in [3.63, 3.8) is 0 Å². The number of aromatic nitrogens is 2. The molecule has 1 heterocycles. The Morgan fingerprint density at radius 1 is 1.03 bits per heavy atom. The zero-order valence-electron chi connectivity index (χ0n) is 21.7. The van der Waals surface area contributed by atoms with Gasteiger partial charge in [0.2, 0.25) is 5.13 Å². The fraction of sp³-hybridized carbons (Fsp3) is 0.357. The molecule has 0 spiro atoms. The van der Waals surface area contributed by atoms with Crippen molar-refractivity contribution in [1.29, 1.82) is 5.26 Å². The van der Waals surface area contributed by atoms with Crippen molar-refractivity contribution < 1.29 is 19.0 Å². The quantitative estimate of drug-likeness (QED) is 0.170. The largest absolute Gasteiger partial charge is 0.490 e. The van der Waals surface area contributed by atoms with Crippen LogP contribution in [0.2, 0.25) is 0 Å². The minimum absolute atomic E-state index is 0.0525. The molecule has 2 aromatic carbocycles. The minimum Gasteiger partial charge on any atom is -0.490 e. The second-order valence-corrected chi connectivity index (χ2v) is 9.40. The van der Waals surface area contributed by atoms with E-state index in [2.05, 4.69) is 28.5 Å². The lowest BCUT2D eigenvalue weighted by Gasteiger charge is -2.14. The molecule has 37 heavy (non-hydrogen) atoms. The SMILES string of the molecule is CCCCc1nnc(NC(=O)C(C#N)=Cc2ccc(OCCOc3ccc(C)cc3C)c(OCC)c2)s1. The monoisotopic (exact) mass is 520 g/mol. The topological polar surface area (TPSA) is 106 Å². The summed E-state index contributed by atoms with van der Waals surface area (Å²) < 4.78 is 17.5. The highest BCUT2D eigenvalue weighted by Crippen LogP contribution is 2.30. The first kappa shape index (κ1) is 27.7.